The molecule has 1 aliphatic heterocycles. The molecule has 174 valence electrons. The second-order valence-electron chi connectivity index (χ2n) is 9.04. The fourth-order valence-corrected chi connectivity index (χ4v) is 4.35. The third-order valence-electron chi connectivity index (χ3n) is 6.42. The second-order valence-corrected chi connectivity index (χ2v) is 9.04. The zero-order chi connectivity index (χ0) is 23.2. The minimum atomic E-state index is -4.41. The van der Waals surface area contributed by atoms with E-state index in [1.807, 2.05) is 23.9 Å². The Hall–Kier alpha value is -2.81. The van der Waals surface area contributed by atoms with Crippen LogP contribution in [0.15, 0.2) is 36.8 Å². The molecular formula is C24H26F3N5O. The van der Waals surface area contributed by atoms with Crippen molar-refractivity contribution in [1.29, 1.82) is 0 Å². The van der Waals surface area contributed by atoms with Gasteiger partial charge in [0, 0.05) is 41.7 Å². The van der Waals surface area contributed by atoms with Gasteiger partial charge in [0.05, 0.1) is 35.2 Å². The molecule has 0 unspecified atom stereocenters. The molecule has 33 heavy (non-hydrogen) atoms. The molecule has 9 heteroatoms. The first-order valence-corrected chi connectivity index (χ1v) is 11.3. The maximum Gasteiger partial charge on any atom is 0.412 e. The lowest BCUT2D eigenvalue weighted by atomic mass is 9.89. The molecule has 1 saturated carbocycles. The van der Waals surface area contributed by atoms with Crippen LogP contribution in [0.4, 0.5) is 13.2 Å². The standard InChI is InChI=1S/C24H26F3N5O/c1-14(24(25,26)27)3-6-19-23-21(30-15(2)11-28-23)10-20(31-19)16-7-8-33-22(9-16)17-12-29-32(13-17)18-4-5-18/h10-13,16,18,22H,1,3-9H2,2H3/t16-,22-/m0/s1. The van der Waals surface area contributed by atoms with Crippen molar-refractivity contribution in [2.75, 3.05) is 6.61 Å². The van der Waals surface area contributed by atoms with Crippen LogP contribution in [-0.2, 0) is 11.2 Å². The van der Waals surface area contributed by atoms with Gasteiger partial charge in [-0.3, -0.25) is 14.6 Å². The van der Waals surface area contributed by atoms with Crippen LogP contribution in [0.3, 0.4) is 0 Å². The van der Waals surface area contributed by atoms with E-state index >= 15 is 0 Å². The third-order valence-corrected chi connectivity index (χ3v) is 6.42. The Kier molecular flexibility index (Phi) is 5.68. The molecule has 0 spiro atoms. The number of ether oxygens (including phenoxy) is 1. The van der Waals surface area contributed by atoms with Crippen molar-refractivity contribution in [1.82, 2.24) is 24.7 Å². The summed E-state index contributed by atoms with van der Waals surface area (Å²) in [6, 6.07) is 2.44. The number of aromatic nitrogens is 5. The number of aryl methyl sites for hydroxylation is 2. The van der Waals surface area contributed by atoms with Gasteiger partial charge in [0.2, 0.25) is 0 Å². The molecule has 0 amide bonds. The lowest BCUT2D eigenvalue weighted by Crippen LogP contribution is -2.20. The number of hydrogen-bond acceptors (Lipinski definition) is 5. The number of allylic oxidation sites excluding steroid dienone is 1. The Morgan fingerprint density at radius 2 is 2.03 bits per heavy atom. The zero-order valence-corrected chi connectivity index (χ0v) is 18.5. The minimum absolute atomic E-state index is 0.0780. The fourth-order valence-electron chi connectivity index (χ4n) is 4.35. The van der Waals surface area contributed by atoms with Gasteiger partial charge in [-0.1, -0.05) is 6.58 Å². The van der Waals surface area contributed by atoms with Gasteiger partial charge in [-0.2, -0.15) is 18.3 Å². The molecular weight excluding hydrogens is 431 g/mol. The smallest absolute Gasteiger partial charge is 0.373 e. The summed E-state index contributed by atoms with van der Waals surface area (Å²) in [6.45, 7) is 5.63. The zero-order valence-electron chi connectivity index (χ0n) is 18.5. The highest BCUT2D eigenvalue weighted by atomic mass is 19.4. The quantitative estimate of drug-likeness (QED) is 0.454. The topological polar surface area (TPSA) is 65.7 Å². The van der Waals surface area contributed by atoms with Crippen LogP contribution in [0.1, 0.15) is 72.8 Å². The monoisotopic (exact) mass is 457 g/mol. The van der Waals surface area contributed by atoms with E-state index in [1.54, 1.807) is 6.20 Å². The molecule has 0 N–H and O–H groups in total. The van der Waals surface area contributed by atoms with E-state index in [1.165, 1.54) is 12.8 Å². The molecule has 2 atom stereocenters. The fraction of sp³-hybridized carbons (Fsp3) is 0.500. The van der Waals surface area contributed by atoms with Gasteiger partial charge in [0.1, 0.15) is 5.52 Å². The molecule has 1 aliphatic carbocycles. The van der Waals surface area contributed by atoms with Gasteiger partial charge in [-0.15, -0.1) is 0 Å². The SMILES string of the molecule is C=C(CCc1nc([C@H]2CCO[C@H](c3cnn(C4CC4)c3)C2)cc2nc(C)cnc12)C(F)(F)F. The van der Waals surface area contributed by atoms with E-state index in [0.717, 1.165) is 29.8 Å². The lowest BCUT2D eigenvalue weighted by molar-refractivity contribution is -0.0935. The third kappa shape index (κ3) is 4.78. The van der Waals surface area contributed by atoms with Gasteiger partial charge in [-0.25, -0.2) is 4.98 Å². The average Bonchev–Trinajstić information content (AvgIpc) is 3.52. The first-order valence-electron chi connectivity index (χ1n) is 11.3. The normalized spacial score (nSPS) is 21.5. The van der Waals surface area contributed by atoms with Crippen LogP contribution in [0.5, 0.6) is 0 Å². The average molecular weight is 458 g/mol. The van der Waals surface area contributed by atoms with Crippen molar-refractivity contribution in [3.63, 3.8) is 0 Å². The van der Waals surface area contributed by atoms with Crippen LogP contribution >= 0.6 is 0 Å². The van der Waals surface area contributed by atoms with Crippen LogP contribution in [0, 0.1) is 6.92 Å². The number of alkyl halides is 3. The lowest BCUT2D eigenvalue weighted by Gasteiger charge is -2.29. The van der Waals surface area contributed by atoms with Gasteiger partial charge in [0.25, 0.3) is 0 Å². The summed E-state index contributed by atoms with van der Waals surface area (Å²) < 4.78 is 47.0. The molecule has 6 nitrogen and oxygen atoms in total. The summed E-state index contributed by atoms with van der Waals surface area (Å²) in [4.78, 5) is 13.8. The number of halogens is 3. The number of rotatable bonds is 6. The number of hydrogen-bond donors (Lipinski definition) is 0. The van der Waals surface area contributed by atoms with Gasteiger partial charge in [-0.05, 0) is 51.5 Å². The molecule has 2 aliphatic rings. The Labute approximate surface area is 189 Å². The van der Waals surface area contributed by atoms with Crippen LogP contribution in [-0.4, -0.2) is 37.5 Å². The van der Waals surface area contributed by atoms with E-state index < -0.39 is 11.7 Å². The van der Waals surface area contributed by atoms with Crippen LogP contribution in [0.2, 0.25) is 0 Å². The molecule has 0 bridgehead atoms. The van der Waals surface area contributed by atoms with E-state index in [-0.39, 0.29) is 24.9 Å². The number of nitrogens with zero attached hydrogens (tertiary/aromatic N) is 5. The van der Waals surface area contributed by atoms with Crippen LogP contribution < -0.4 is 0 Å². The largest absolute Gasteiger partial charge is 0.412 e. The number of pyridine rings is 1. The molecule has 1 saturated heterocycles. The molecule has 4 heterocycles. The van der Waals surface area contributed by atoms with Crippen molar-refractivity contribution in [3.05, 3.63) is 59.5 Å². The van der Waals surface area contributed by atoms with Gasteiger partial charge < -0.3 is 4.74 Å². The predicted octanol–water partition coefficient (Wildman–Crippen LogP) is 5.55. The summed E-state index contributed by atoms with van der Waals surface area (Å²) >= 11 is 0. The molecule has 2 fully saturated rings. The van der Waals surface area contributed by atoms with E-state index in [9.17, 15) is 13.2 Å². The van der Waals surface area contributed by atoms with Crippen molar-refractivity contribution in [2.45, 2.75) is 69.7 Å². The molecule has 5 rings (SSSR count). The Morgan fingerprint density at radius 3 is 2.79 bits per heavy atom. The van der Waals surface area contributed by atoms with Crippen molar-refractivity contribution in [3.8, 4) is 0 Å². The highest BCUT2D eigenvalue weighted by molar-refractivity contribution is 5.77. The minimum Gasteiger partial charge on any atom is -0.373 e. The van der Waals surface area contributed by atoms with Gasteiger partial charge in [0.15, 0.2) is 0 Å². The Morgan fingerprint density at radius 1 is 1.21 bits per heavy atom. The summed E-state index contributed by atoms with van der Waals surface area (Å²) in [5.74, 6) is 0.115. The van der Waals surface area contributed by atoms with E-state index in [0.29, 0.717) is 29.4 Å². The molecule has 0 radical (unpaired) electrons. The second kappa shape index (κ2) is 8.52. The van der Waals surface area contributed by atoms with Gasteiger partial charge >= 0.3 is 6.18 Å². The van der Waals surface area contributed by atoms with Crippen molar-refractivity contribution >= 4 is 11.0 Å². The van der Waals surface area contributed by atoms with Crippen LogP contribution in [0.25, 0.3) is 11.0 Å². The Bertz CT molecular complexity index is 1180. The molecule has 3 aromatic heterocycles. The van der Waals surface area contributed by atoms with Crippen molar-refractivity contribution in [2.24, 2.45) is 0 Å². The van der Waals surface area contributed by atoms with Crippen molar-refractivity contribution < 1.29 is 17.9 Å². The first kappa shape index (κ1) is 22.0. The Balaban J connectivity index is 1.42. The molecule has 0 aromatic carbocycles. The molecule has 3 aromatic rings. The van der Waals surface area contributed by atoms with E-state index in [2.05, 4.69) is 27.8 Å². The van der Waals surface area contributed by atoms with E-state index in [4.69, 9.17) is 9.72 Å². The summed E-state index contributed by atoms with van der Waals surface area (Å²) in [6.07, 6.45) is 4.84. The summed E-state index contributed by atoms with van der Waals surface area (Å²) in [7, 11) is 0. The maximum atomic E-state index is 13.0. The maximum absolute atomic E-state index is 13.0. The predicted molar refractivity (Wildman–Crippen MR) is 117 cm³/mol. The highest BCUT2D eigenvalue weighted by Gasteiger charge is 2.32. The summed E-state index contributed by atoms with van der Waals surface area (Å²) in [5.41, 5.74) is 3.63. The highest BCUT2D eigenvalue weighted by Crippen LogP contribution is 2.40. The number of fused-ring (bicyclic) bond motifs is 1. The first-order chi connectivity index (χ1) is 15.8. The summed E-state index contributed by atoms with van der Waals surface area (Å²) in [5, 5.41) is 4.48.